The lowest BCUT2D eigenvalue weighted by atomic mass is 10.0. The van der Waals surface area contributed by atoms with Crippen LogP contribution in [0.5, 0.6) is 0 Å². The number of esters is 2. The largest absolute Gasteiger partial charge is 0.545 e. The van der Waals surface area contributed by atoms with Crippen LogP contribution >= 0.6 is 0 Å². The number of hydrogen-bond donors (Lipinski definition) is 0. The summed E-state index contributed by atoms with van der Waals surface area (Å²) in [4.78, 5) is 37.6. The fourth-order valence-corrected chi connectivity index (χ4v) is 11.5. The molecular weight excluding hydrogens is 1090 g/mol. The number of carbonyl (C=O) groups is 3. The minimum Gasteiger partial charge on any atom is -0.545 e. The molecule has 0 N–H and O–H groups in total. The number of nitrogens with zero attached hydrogens (tertiary/aromatic N) is 1. The molecule has 0 radical (unpaired) electrons. The van der Waals surface area contributed by atoms with Gasteiger partial charge in [0.25, 0.3) is 0 Å². The van der Waals surface area contributed by atoms with Gasteiger partial charge in [0.2, 0.25) is 0 Å². The maximum absolute atomic E-state index is 13.0. The lowest BCUT2D eigenvalue weighted by Crippen LogP contribution is -2.44. The topological polar surface area (TPSA) is 111 Å². The summed E-state index contributed by atoms with van der Waals surface area (Å²) in [7, 11) is 5.95. The molecule has 9 nitrogen and oxygen atoms in total. The molecule has 0 amide bonds. The highest BCUT2D eigenvalue weighted by molar-refractivity contribution is 5.70. The second-order valence-corrected chi connectivity index (χ2v) is 27.3. The fourth-order valence-electron chi connectivity index (χ4n) is 11.5. The van der Waals surface area contributed by atoms with Gasteiger partial charge in [-0.05, 0) is 51.4 Å². The first kappa shape index (κ1) is 85.2. The van der Waals surface area contributed by atoms with Crippen molar-refractivity contribution in [3.63, 3.8) is 0 Å². The van der Waals surface area contributed by atoms with Gasteiger partial charge < -0.3 is 33.3 Å². The predicted octanol–water partition coefficient (Wildman–Crippen LogP) is 22.8. The van der Waals surface area contributed by atoms with Crippen LogP contribution in [0.25, 0.3) is 0 Å². The molecule has 2 unspecified atom stereocenters. The van der Waals surface area contributed by atoms with E-state index in [0.717, 1.165) is 57.8 Å². The summed E-state index contributed by atoms with van der Waals surface area (Å²) in [5.74, 6) is -2.25. The zero-order valence-electron chi connectivity index (χ0n) is 59.1. The van der Waals surface area contributed by atoms with Gasteiger partial charge in [-0.25, -0.2) is 0 Å². The average molecular weight is 1240 g/mol. The average Bonchev–Trinajstić information content (AvgIpc) is 3.50. The molecule has 0 rings (SSSR count). The molecule has 0 aromatic carbocycles. The Morgan fingerprint density at radius 3 is 0.966 bits per heavy atom. The maximum atomic E-state index is 13.0. The standard InChI is InChI=1S/C79H147NO8/c1-6-8-10-12-14-16-18-20-22-24-26-28-30-32-34-36-38-40-41-43-45-47-49-51-53-55-57-59-61-63-65-67-69-76(81)86-73-75(74-87-79(78(83)84)85-72-71-80(3,4)5)88-77(82)70-68-66-64-62-60-58-56-54-52-50-48-46-44-42-39-37-35-33-31-29-27-25-23-21-19-17-15-13-11-9-7-2/h9,11,15,17,21,23,27,29,75,79H,6-8,10,12-14,16,18-20,22,24-26,28,30-74H2,1-5H3/b11-9-,17-15-,23-21-,29-27-. The van der Waals surface area contributed by atoms with Gasteiger partial charge in [0, 0.05) is 12.8 Å². The van der Waals surface area contributed by atoms with Gasteiger partial charge in [-0.15, -0.1) is 0 Å². The molecule has 9 heteroatoms. The van der Waals surface area contributed by atoms with Crippen molar-refractivity contribution < 1.29 is 42.9 Å². The van der Waals surface area contributed by atoms with Crippen LogP contribution in [-0.4, -0.2) is 82.3 Å². The first-order valence-electron chi connectivity index (χ1n) is 38.3. The number of ether oxygens (including phenoxy) is 4. The summed E-state index contributed by atoms with van der Waals surface area (Å²) in [6, 6.07) is 0. The van der Waals surface area contributed by atoms with Crippen molar-refractivity contribution in [2.75, 3.05) is 47.5 Å². The number of carboxylic acid groups (broad SMARTS) is 1. The molecule has 0 aromatic rings. The molecule has 0 bridgehead atoms. The van der Waals surface area contributed by atoms with Crippen molar-refractivity contribution in [1.29, 1.82) is 0 Å². The van der Waals surface area contributed by atoms with Gasteiger partial charge >= 0.3 is 11.9 Å². The van der Waals surface area contributed by atoms with E-state index in [1.165, 1.54) is 289 Å². The molecule has 0 aliphatic carbocycles. The molecule has 0 saturated heterocycles. The number of allylic oxidation sites excluding steroid dienone is 8. The number of likely N-dealkylation sites (N-methyl/N-ethyl adjacent to an activating group) is 1. The Morgan fingerprint density at radius 1 is 0.352 bits per heavy atom. The van der Waals surface area contributed by atoms with Gasteiger partial charge in [-0.1, -0.05) is 364 Å². The van der Waals surface area contributed by atoms with Crippen molar-refractivity contribution in [1.82, 2.24) is 0 Å². The van der Waals surface area contributed by atoms with Crippen molar-refractivity contribution >= 4 is 17.9 Å². The van der Waals surface area contributed by atoms with E-state index in [1.54, 1.807) is 0 Å². The van der Waals surface area contributed by atoms with E-state index < -0.39 is 24.3 Å². The minimum atomic E-state index is -1.62. The van der Waals surface area contributed by atoms with Crippen molar-refractivity contribution in [2.45, 2.75) is 392 Å². The smallest absolute Gasteiger partial charge is 0.306 e. The van der Waals surface area contributed by atoms with E-state index in [0.29, 0.717) is 23.9 Å². The molecule has 516 valence electrons. The summed E-state index contributed by atoms with van der Waals surface area (Å²) in [6.45, 7) is 4.71. The number of unbranched alkanes of at least 4 members (excludes halogenated alkanes) is 49. The predicted molar refractivity (Wildman–Crippen MR) is 376 cm³/mol. The zero-order valence-corrected chi connectivity index (χ0v) is 59.1. The van der Waals surface area contributed by atoms with E-state index in [-0.39, 0.29) is 32.2 Å². The highest BCUT2D eigenvalue weighted by atomic mass is 16.7. The first-order valence-corrected chi connectivity index (χ1v) is 38.3. The van der Waals surface area contributed by atoms with Crippen LogP contribution in [0.3, 0.4) is 0 Å². The van der Waals surface area contributed by atoms with Crippen molar-refractivity contribution in [3.05, 3.63) is 48.6 Å². The molecule has 0 aliphatic heterocycles. The third kappa shape index (κ3) is 70.7. The molecule has 0 aromatic heterocycles. The van der Waals surface area contributed by atoms with Crippen LogP contribution in [0.15, 0.2) is 48.6 Å². The monoisotopic (exact) mass is 1240 g/mol. The van der Waals surface area contributed by atoms with Crippen LogP contribution in [0.1, 0.15) is 380 Å². The Balaban J connectivity index is 4.00. The summed E-state index contributed by atoms with van der Waals surface area (Å²) < 4.78 is 22.9. The molecule has 0 spiro atoms. The second kappa shape index (κ2) is 70.1. The molecule has 88 heavy (non-hydrogen) atoms. The Hall–Kier alpha value is -2.75. The van der Waals surface area contributed by atoms with Gasteiger partial charge in [-0.2, -0.15) is 0 Å². The molecular formula is C79H147NO8. The highest BCUT2D eigenvalue weighted by Gasteiger charge is 2.22. The maximum Gasteiger partial charge on any atom is 0.306 e. The Labute approximate surface area is 546 Å². The number of aliphatic carboxylic acids is 1. The fraction of sp³-hybridized carbons (Fsp3) is 0.861. The zero-order chi connectivity index (χ0) is 64.0. The first-order chi connectivity index (χ1) is 43.1. The summed E-state index contributed by atoms with van der Waals surface area (Å²) in [6.07, 6.45) is 88.0. The van der Waals surface area contributed by atoms with Gasteiger partial charge in [0.05, 0.1) is 40.3 Å². The Bertz CT molecular complexity index is 1580. The normalized spacial score (nSPS) is 12.9. The molecule has 2 atom stereocenters. The summed E-state index contributed by atoms with van der Waals surface area (Å²) in [5.41, 5.74) is 0. The van der Waals surface area contributed by atoms with Crippen molar-refractivity contribution in [2.24, 2.45) is 0 Å². The van der Waals surface area contributed by atoms with Crippen LogP contribution in [0.2, 0.25) is 0 Å². The number of hydrogen-bond acceptors (Lipinski definition) is 8. The van der Waals surface area contributed by atoms with Gasteiger partial charge in [-0.3, -0.25) is 9.59 Å². The Kier molecular flexibility index (Phi) is 67.9. The van der Waals surface area contributed by atoms with Gasteiger partial charge in [0.1, 0.15) is 13.2 Å². The van der Waals surface area contributed by atoms with E-state index in [9.17, 15) is 19.5 Å². The number of quaternary nitrogens is 1. The number of carbonyl (C=O) groups excluding carboxylic acids is 3. The highest BCUT2D eigenvalue weighted by Crippen LogP contribution is 2.20. The van der Waals surface area contributed by atoms with Crippen molar-refractivity contribution in [3.8, 4) is 0 Å². The third-order valence-corrected chi connectivity index (χ3v) is 17.3. The third-order valence-electron chi connectivity index (χ3n) is 17.3. The quantitative estimate of drug-likeness (QED) is 0.0195. The number of carboxylic acids is 1. The van der Waals surface area contributed by atoms with E-state index in [4.69, 9.17) is 18.9 Å². The Morgan fingerprint density at radius 2 is 0.648 bits per heavy atom. The molecule has 0 aliphatic rings. The van der Waals surface area contributed by atoms with E-state index in [1.807, 2.05) is 21.1 Å². The van der Waals surface area contributed by atoms with Crippen LogP contribution in [-0.2, 0) is 33.3 Å². The van der Waals surface area contributed by atoms with E-state index >= 15 is 0 Å². The number of rotatable bonds is 72. The minimum absolute atomic E-state index is 0.150. The molecule has 0 heterocycles. The van der Waals surface area contributed by atoms with E-state index in [2.05, 4.69) is 62.5 Å². The summed E-state index contributed by atoms with van der Waals surface area (Å²) >= 11 is 0. The lowest BCUT2D eigenvalue weighted by molar-refractivity contribution is -0.870. The SMILES string of the molecule is CC/C=C\C/C=C\C/C=C\C/C=C\CCCCCCCCCCCCCCCCCCCCC(=O)OC(COC(=O)CCCCCCCCCCCCCCCCCCCCCCCCCCCCCCCCCC)COC(OCC[N+](C)(C)C)C(=O)[O-]. The van der Waals surface area contributed by atoms with Crippen LogP contribution in [0, 0.1) is 0 Å². The second-order valence-electron chi connectivity index (χ2n) is 27.3. The summed E-state index contributed by atoms with van der Waals surface area (Å²) in [5, 5.41) is 11.8. The molecule has 0 fully saturated rings. The molecule has 0 saturated carbocycles. The lowest BCUT2D eigenvalue weighted by Gasteiger charge is -2.26. The van der Waals surface area contributed by atoms with Gasteiger partial charge in [0.15, 0.2) is 12.4 Å². The van der Waals surface area contributed by atoms with Crippen LogP contribution in [0.4, 0.5) is 0 Å². The van der Waals surface area contributed by atoms with Crippen LogP contribution < -0.4 is 5.11 Å².